The van der Waals surface area contributed by atoms with Crippen LogP contribution < -0.4 is 10.2 Å². The van der Waals surface area contributed by atoms with Gasteiger partial charge >= 0.3 is 0 Å². The summed E-state index contributed by atoms with van der Waals surface area (Å²) in [4.78, 5) is 18.3. The Bertz CT molecular complexity index is 1670. The zero-order valence-corrected chi connectivity index (χ0v) is 17.0. The van der Waals surface area contributed by atoms with Gasteiger partial charge in [-0.15, -0.1) is 0 Å². The summed E-state index contributed by atoms with van der Waals surface area (Å²) in [6, 6.07) is 32.3. The monoisotopic (exact) mass is 415 g/mol. The van der Waals surface area contributed by atoms with Crippen molar-refractivity contribution in [2.75, 3.05) is 0 Å². The molecule has 6 aromatic rings. The number of hydrogen-bond acceptors (Lipinski definition) is 4. The van der Waals surface area contributed by atoms with Crippen molar-refractivity contribution in [1.82, 2.24) is 4.98 Å². The van der Waals surface area contributed by atoms with E-state index in [0.29, 0.717) is 27.7 Å². The maximum absolute atomic E-state index is 13.5. The summed E-state index contributed by atoms with van der Waals surface area (Å²) in [6.07, 6.45) is 0. The van der Waals surface area contributed by atoms with E-state index in [2.05, 4.69) is 0 Å². The van der Waals surface area contributed by atoms with E-state index in [9.17, 15) is 4.79 Å². The molecule has 0 aliphatic heterocycles. The van der Waals surface area contributed by atoms with Gasteiger partial charge in [0.2, 0.25) is 5.43 Å². The van der Waals surface area contributed by atoms with Crippen LogP contribution in [0.3, 0.4) is 0 Å². The molecule has 0 bridgehead atoms. The number of rotatable bonds is 3. The van der Waals surface area contributed by atoms with Gasteiger partial charge in [0.25, 0.3) is 0 Å². The molecule has 4 heteroatoms. The van der Waals surface area contributed by atoms with Gasteiger partial charge in [-0.3, -0.25) is 4.79 Å². The summed E-state index contributed by atoms with van der Waals surface area (Å²) in [5.74, 6) is 1.33. The quantitative estimate of drug-likeness (QED) is 0.293. The molecule has 0 N–H and O–H groups in total. The molecule has 2 heterocycles. The predicted octanol–water partition coefficient (Wildman–Crippen LogP) is 6.95. The lowest BCUT2D eigenvalue weighted by atomic mass is 10.0. The highest BCUT2D eigenvalue weighted by molar-refractivity contribution is 5.99. The second kappa shape index (κ2) is 7.36. The lowest BCUT2D eigenvalue weighted by molar-refractivity contribution is 0.482. The molecule has 152 valence electrons. The molecule has 0 spiro atoms. The van der Waals surface area contributed by atoms with Crippen LogP contribution in [-0.4, -0.2) is 4.98 Å². The van der Waals surface area contributed by atoms with Crippen LogP contribution in [0, 0.1) is 0 Å². The summed E-state index contributed by atoms with van der Waals surface area (Å²) in [5.41, 5.74) is 3.30. The summed E-state index contributed by atoms with van der Waals surface area (Å²) in [5, 5.41) is 2.09. The number of para-hydroxylation sites is 2. The molecule has 0 amide bonds. The highest BCUT2D eigenvalue weighted by Crippen LogP contribution is 2.31. The first-order valence-corrected chi connectivity index (χ1v) is 10.3. The second-order valence-electron chi connectivity index (χ2n) is 7.57. The number of nitrogens with zero attached hydrogens (tertiary/aromatic N) is 1. The SMILES string of the molecule is O=c1c2ccc(Oc3ccccc3)cc2oc2cccc(-c3ccc4ccccc4n3)c12. The van der Waals surface area contributed by atoms with E-state index < -0.39 is 0 Å². The first kappa shape index (κ1) is 18.3. The first-order valence-electron chi connectivity index (χ1n) is 10.3. The number of pyridine rings is 1. The fourth-order valence-corrected chi connectivity index (χ4v) is 4.00. The van der Waals surface area contributed by atoms with Gasteiger partial charge in [-0.05, 0) is 42.5 Å². The molecule has 0 fully saturated rings. The lowest BCUT2D eigenvalue weighted by Gasteiger charge is -2.09. The Morgan fingerprint density at radius 1 is 0.688 bits per heavy atom. The van der Waals surface area contributed by atoms with Gasteiger partial charge in [-0.2, -0.15) is 0 Å². The molecule has 0 aliphatic carbocycles. The van der Waals surface area contributed by atoms with Crippen molar-refractivity contribution in [2.45, 2.75) is 0 Å². The molecule has 4 nitrogen and oxygen atoms in total. The summed E-state index contributed by atoms with van der Waals surface area (Å²) < 4.78 is 12.0. The fourth-order valence-electron chi connectivity index (χ4n) is 4.00. The number of fused-ring (bicyclic) bond motifs is 3. The number of hydrogen-bond donors (Lipinski definition) is 0. The van der Waals surface area contributed by atoms with Gasteiger partial charge in [0, 0.05) is 17.0 Å². The number of ether oxygens (including phenoxy) is 1. The first-order chi connectivity index (χ1) is 15.8. The van der Waals surface area contributed by atoms with Crippen molar-refractivity contribution in [3.8, 4) is 22.8 Å². The minimum atomic E-state index is -0.0851. The highest BCUT2D eigenvalue weighted by atomic mass is 16.5. The third-order valence-electron chi connectivity index (χ3n) is 5.52. The molecule has 4 aromatic carbocycles. The average molecular weight is 415 g/mol. The molecule has 6 rings (SSSR count). The van der Waals surface area contributed by atoms with Gasteiger partial charge in [0.1, 0.15) is 22.7 Å². The van der Waals surface area contributed by atoms with Crippen LogP contribution in [0.2, 0.25) is 0 Å². The smallest absolute Gasteiger partial charge is 0.201 e. The van der Waals surface area contributed by atoms with E-state index >= 15 is 0 Å². The Hall–Kier alpha value is -4.44. The van der Waals surface area contributed by atoms with Gasteiger partial charge in [-0.1, -0.05) is 54.6 Å². The van der Waals surface area contributed by atoms with Crippen molar-refractivity contribution in [2.24, 2.45) is 0 Å². The third kappa shape index (κ3) is 3.10. The zero-order valence-electron chi connectivity index (χ0n) is 17.0. The molecular weight excluding hydrogens is 398 g/mol. The summed E-state index contributed by atoms with van der Waals surface area (Å²) >= 11 is 0. The van der Waals surface area contributed by atoms with Crippen LogP contribution >= 0.6 is 0 Å². The Kier molecular flexibility index (Phi) is 4.22. The molecule has 0 aliphatic rings. The summed E-state index contributed by atoms with van der Waals surface area (Å²) in [6.45, 7) is 0. The second-order valence-corrected chi connectivity index (χ2v) is 7.57. The van der Waals surface area contributed by atoms with Crippen LogP contribution in [0.15, 0.2) is 112 Å². The predicted molar refractivity (Wildman–Crippen MR) is 127 cm³/mol. The fraction of sp³-hybridized carbons (Fsp3) is 0. The van der Waals surface area contributed by atoms with Crippen LogP contribution in [-0.2, 0) is 0 Å². The van der Waals surface area contributed by atoms with E-state index in [0.717, 1.165) is 27.9 Å². The molecule has 0 atom stereocenters. The van der Waals surface area contributed by atoms with E-state index in [1.165, 1.54) is 0 Å². The molecule has 0 saturated heterocycles. The van der Waals surface area contributed by atoms with Crippen LogP contribution in [0.25, 0.3) is 44.1 Å². The Morgan fingerprint density at radius 3 is 2.44 bits per heavy atom. The minimum absolute atomic E-state index is 0.0851. The van der Waals surface area contributed by atoms with Crippen molar-refractivity contribution in [3.63, 3.8) is 0 Å². The van der Waals surface area contributed by atoms with E-state index in [-0.39, 0.29) is 5.43 Å². The highest BCUT2D eigenvalue weighted by Gasteiger charge is 2.14. The van der Waals surface area contributed by atoms with Crippen molar-refractivity contribution >= 4 is 32.8 Å². The van der Waals surface area contributed by atoms with Gasteiger partial charge < -0.3 is 9.15 Å². The van der Waals surface area contributed by atoms with Crippen molar-refractivity contribution < 1.29 is 9.15 Å². The number of benzene rings is 4. The van der Waals surface area contributed by atoms with Gasteiger partial charge in [0.15, 0.2) is 0 Å². The van der Waals surface area contributed by atoms with Crippen molar-refractivity contribution in [1.29, 1.82) is 0 Å². The van der Waals surface area contributed by atoms with E-state index in [4.69, 9.17) is 14.1 Å². The van der Waals surface area contributed by atoms with E-state index in [1.54, 1.807) is 18.2 Å². The third-order valence-corrected chi connectivity index (χ3v) is 5.52. The Labute approximate surface area is 183 Å². The largest absolute Gasteiger partial charge is 0.457 e. The molecule has 2 aromatic heterocycles. The molecule has 0 unspecified atom stereocenters. The Morgan fingerprint density at radius 2 is 1.53 bits per heavy atom. The molecule has 0 radical (unpaired) electrons. The summed E-state index contributed by atoms with van der Waals surface area (Å²) in [7, 11) is 0. The van der Waals surface area contributed by atoms with Crippen LogP contribution in [0.4, 0.5) is 0 Å². The van der Waals surface area contributed by atoms with Crippen molar-refractivity contribution in [3.05, 3.63) is 113 Å². The lowest BCUT2D eigenvalue weighted by Crippen LogP contribution is -2.04. The van der Waals surface area contributed by atoms with E-state index in [1.807, 2.05) is 84.9 Å². The minimum Gasteiger partial charge on any atom is -0.457 e. The van der Waals surface area contributed by atoms with Gasteiger partial charge in [-0.25, -0.2) is 4.98 Å². The van der Waals surface area contributed by atoms with Gasteiger partial charge in [0.05, 0.1) is 22.0 Å². The van der Waals surface area contributed by atoms with Crippen LogP contribution in [0.5, 0.6) is 11.5 Å². The number of aromatic nitrogens is 1. The van der Waals surface area contributed by atoms with Crippen LogP contribution in [0.1, 0.15) is 0 Å². The maximum Gasteiger partial charge on any atom is 0.201 e. The normalized spacial score (nSPS) is 11.2. The average Bonchev–Trinajstić information content (AvgIpc) is 2.84. The standard InChI is InChI=1S/C28H17NO3/c30-28-22-15-14-20(31-19-8-2-1-3-9-19)17-26(22)32-25-12-6-10-21(27(25)28)24-16-13-18-7-4-5-11-23(18)29-24/h1-17H. The Balaban J connectivity index is 1.52. The molecular formula is C28H17NO3. The maximum atomic E-state index is 13.5. The molecule has 0 saturated carbocycles. The molecule has 32 heavy (non-hydrogen) atoms. The zero-order chi connectivity index (χ0) is 21.5. The topological polar surface area (TPSA) is 52.3 Å².